The number of hydrogen-bond acceptors (Lipinski definition) is 6. The van der Waals surface area contributed by atoms with E-state index in [4.69, 9.17) is 14.2 Å². The Morgan fingerprint density at radius 2 is 0.682 bits per heavy atom. The minimum absolute atomic E-state index is 0.134. The van der Waals surface area contributed by atoms with Crippen molar-refractivity contribution in [1.82, 2.24) is 0 Å². The summed E-state index contributed by atoms with van der Waals surface area (Å²) in [4.78, 5) is 38.0. The molecule has 1 atom stereocenters. The molecule has 0 heterocycles. The molecule has 0 aromatic heterocycles. The van der Waals surface area contributed by atoms with Crippen LogP contribution in [0, 0.1) is 0 Å². The third-order valence-electron chi connectivity index (χ3n) is 9.94. The molecule has 0 saturated heterocycles. The lowest BCUT2D eigenvalue weighted by Gasteiger charge is -2.18. The lowest BCUT2D eigenvalue weighted by atomic mass is 10.1. The van der Waals surface area contributed by atoms with Crippen LogP contribution in [0.1, 0.15) is 181 Å². The van der Waals surface area contributed by atoms with Crippen molar-refractivity contribution in [3.63, 3.8) is 0 Å². The number of carbonyl (C=O) groups excluding carboxylic acids is 3. The normalized spacial score (nSPS) is 13.4. The topological polar surface area (TPSA) is 78.9 Å². The van der Waals surface area contributed by atoms with E-state index in [9.17, 15) is 14.4 Å². The molecule has 0 aliphatic rings. The Kier molecular flexibility index (Phi) is 48.7. The predicted octanol–water partition coefficient (Wildman–Crippen LogP) is 17.0. The first-order valence-electron chi connectivity index (χ1n) is 25.6. The van der Waals surface area contributed by atoms with Crippen LogP contribution in [-0.4, -0.2) is 37.2 Å². The van der Waals surface area contributed by atoms with Gasteiger partial charge in [0.25, 0.3) is 0 Å². The highest BCUT2D eigenvalue weighted by molar-refractivity contribution is 5.71. The molecule has 0 N–H and O–H groups in total. The van der Waals surface area contributed by atoms with Crippen LogP contribution in [0.15, 0.2) is 158 Å². The van der Waals surface area contributed by atoms with Crippen molar-refractivity contribution in [2.45, 2.75) is 187 Å². The van der Waals surface area contributed by atoms with Crippen molar-refractivity contribution < 1.29 is 28.6 Å². The van der Waals surface area contributed by atoms with Gasteiger partial charge in [-0.25, -0.2) is 0 Å². The van der Waals surface area contributed by atoms with Gasteiger partial charge < -0.3 is 14.2 Å². The van der Waals surface area contributed by atoms with Gasteiger partial charge in [0.15, 0.2) is 6.10 Å². The summed E-state index contributed by atoms with van der Waals surface area (Å²) in [6.45, 7) is 6.21. The van der Waals surface area contributed by atoms with Crippen molar-refractivity contribution in [3.05, 3.63) is 158 Å². The maximum Gasteiger partial charge on any atom is 0.306 e. The van der Waals surface area contributed by atoms with Crippen molar-refractivity contribution in [2.24, 2.45) is 0 Å². The molecular weight excluding hydrogens is 817 g/mol. The fraction of sp³-hybridized carbons (Fsp3) is 0.517. The van der Waals surface area contributed by atoms with E-state index in [1.165, 1.54) is 19.3 Å². The maximum absolute atomic E-state index is 12.8. The molecule has 66 heavy (non-hydrogen) atoms. The third kappa shape index (κ3) is 50.0. The Hall–Kier alpha value is -4.97. The Morgan fingerprint density at radius 3 is 1.15 bits per heavy atom. The van der Waals surface area contributed by atoms with E-state index in [0.29, 0.717) is 19.3 Å². The van der Waals surface area contributed by atoms with Gasteiger partial charge in [0.05, 0.1) is 0 Å². The van der Waals surface area contributed by atoms with Crippen LogP contribution in [0.4, 0.5) is 0 Å². The first kappa shape index (κ1) is 61.0. The number of carbonyl (C=O) groups is 3. The zero-order valence-electron chi connectivity index (χ0n) is 41.6. The highest BCUT2D eigenvalue weighted by Gasteiger charge is 2.19. The van der Waals surface area contributed by atoms with Gasteiger partial charge in [-0.1, -0.05) is 217 Å². The molecule has 0 spiro atoms. The SMILES string of the molecule is CC\C=C/C=C\C=C/C=C\CCCCCC(=O)OCC(COC(=O)CCCCCCC\C=C/C=C\C=C/C=C\CCCCC)OC(=O)CCC/C=C\C/C=C\C/C=C\C/C=C\C/C=C\CC. The van der Waals surface area contributed by atoms with Gasteiger partial charge in [-0.05, 0) is 103 Å². The fourth-order valence-electron chi connectivity index (χ4n) is 6.14. The lowest BCUT2D eigenvalue weighted by Crippen LogP contribution is -2.30. The number of rotatable bonds is 43. The summed E-state index contributed by atoms with van der Waals surface area (Å²) in [5.41, 5.74) is 0. The zero-order chi connectivity index (χ0) is 47.9. The number of allylic oxidation sites excluding steroid dienone is 26. The van der Waals surface area contributed by atoms with E-state index in [1.54, 1.807) is 0 Å². The maximum atomic E-state index is 12.8. The molecule has 0 aromatic rings. The second kappa shape index (κ2) is 52.7. The highest BCUT2D eigenvalue weighted by Crippen LogP contribution is 2.11. The molecule has 0 fully saturated rings. The molecule has 366 valence electrons. The van der Waals surface area contributed by atoms with Crippen LogP contribution in [0.2, 0.25) is 0 Å². The number of unbranched alkanes of at least 4 members (excludes halogenated alkanes) is 12. The summed E-state index contributed by atoms with van der Waals surface area (Å²) in [7, 11) is 0. The zero-order valence-corrected chi connectivity index (χ0v) is 41.6. The van der Waals surface area contributed by atoms with E-state index >= 15 is 0 Å². The molecule has 6 nitrogen and oxygen atoms in total. The fourth-order valence-corrected chi connectivity index (χ4v) is 6.14. The van der Waals surface area contributed by atoms with Crippen molar-refractivity contribution in [2.75, 3.05) is 13.2 Å². The van der Waals surface area contributed by atoms with Crippen LogP contribution in [0.5, 0.6) is 0 Å². The first-order valence-corrected chi connectivity index (χ1v) is 25.6. The number of ether oxygens (including phenoxy) is 3. The Labute approximate surface area is 403 Å². The summed E-state index contributed by atoms with van der Waals surface area (Å²) in [6.07, 6.45) is 76.5. The smallest absolute Gasteiger partial charge is 0.306 e. The van der Waals surface area contributed by atoms with E-state index in [2.05, 4.69) is 142 Å². The van der Waals surface area contributed by atoms with E-state index in [0.717, 1.165) is 109 Å². The molecule has 0 aliphatic heterocycles. The largest absolute Gasteiger partial charge is 0.462 e. The van der Waals surface area contributed by atoms with E-state index in [1.807, 2.05) is 36.5 Å². The Bertz CT molecular complexity index is 1560. The van der Waals surface area contributed by atoms with Gasteiger partial charge in [0.2, 0.25) is 0 Å². The third-order valence-corrected chi connectivity index (χ3v) is 9.94. The molecule has 6 heteroatoms. The molecule has 0 rings (SSSR count). The molecule has 0 aromatic carbocycles. The average molecular weight is 907 g/mol. The van der Waals surface area contributed by atoms with E-state index < -0.39 is 12.1 Å². The van der Waals surface area contributed by atoms with Crippen LogP contribution >= 0.6 is 0 Å². The highest BCUT2D eigenvalue weighted by atomic mass is 16.6. The van der Waals surface area contributed by atoms with Crippen LogP contribution in [0.25, 0.3) is 0 Å². The van der Waals surface area contributed by atoms with Crippen LogP contribution < -0.4 is 0 Å². The second-order valence-electron chi connectivity index (χ2n) is 16.1. The molecular formula is C60H90O6. The monoisotopic (exact) mass is 907 g/mol. The standard InChI is InChI=1S/C60H90O6/c1-4-7-10-13-16-19-22-25-27-29-31-32-35-38-41-44-47-50-53-59(62)65-56-57(55-64-58(61)52-49-46-43-40-37-34-24-21-18-15-12-9-6-3)66-60(63)54-51-48-45-42-39-36-33-30-28-26-23-20-17-14-11-8-5-2/h8-9,11-12,15-22,24-29,31-34,36-37,42,45,57H,4-7,10,13-14,23,30,35,38-41,43-44,46-56H2,1-3H3/b11-8-,12-9-,18-15-,19-16-,20-17-,24-21-,25-22-,28-26-,29-27-,32-31-,36-33-,37-34-,45-42-. The van der Waals surface area contributed by atoms with Gasteiger partial charge in [-0.2, -0.15) is 0 Å². The lowest BCUT2D eigenvalue weighted by molar-refractivity contribution is -0.167. The molecule has 0 aliphatic carbocycles. The summed E-state index contributed by atoms with van der Waals surface area (Å²) >= 11 is 0. The molecule has 0 saturated carbocycles. The Morgan fingerprint density at radius 1 is 0.333 bits per heavy atom. The molecule has 0 radical (unpaired) electrons. The second-order valence-corrected chi connectivity index (χ2v) is 16.1. The van der Waals surface area contributed by atoms with E-state index in [-0.39, 0.29) is 38.0 Å². The van der Waals surface area contributed by atoms with Gasteiger partial charge in [0.1, 0.15) is 13.2 Å². The predicted molar refractivity (Wildman–Crippen MR) is 283 cm³/mol. The van der Waals surface area contributed by atoms with Crippen LogP contribution in [-0.2, 0) is 28.6 Å². The van der Waals surface area contributed by atoms with Gasteiger partial charge >= 0.3 is 17.9 Å². The number of hydrogen-bond donors (Lipinski definition) is 0. The minimum atomic E-state index is -0.842. The van der Waals surface area contributed by atoms with Gasteiger partial charge in [0, 0.05) is 19.3 Å². The average Bonchev–Trinajstić information content (AvgIpc) is 3.31. The number of esters is 3. The first-order chi connectivity index (χ1) is 32.5. The Balaban J connectivity index is 4.62. The van der Waals surface area contributed by atoms with Crippen molar-refractivity contribution >= 4 is 17.9 Å². The van der Waals surface area contributed by atoms with Crippen LogP contribution in [0.3, 0.4) is 0 Å². The van der Waals surface area contributed by atoms with Gasteiger partial charge in [-0.15, -0.1) is 0 Å². The van der Waals surface area contributed by atoms with Crippen molar-refractivity contribution in [1.29, 1.82) is 0 Å². The minimum Gasteiger partial charge on any atom is -0.462 e. The summed E-state index contributed by atoms with van der Waals surface area (Å²) in [6, 6.07) is 0. The molecule has 0 amide bonds. The summed E-state index contributed by atoms with van der Waals surface area (Å²) < 4.78 is 16.7. The molecule has 0 bridgehead atoms. The summed E-state index contributed by atoms with van der Waals surface area (Å²) in [5.74, 6) is -1.07. The quantitative estimate of drug-likeness (QED) is 0.0199. The molecule has 1 unspecified atom stereocenters. The summed E-state index contributed by atoms with van der Waals surface area (Å²) in [5, 5.41) is 0. The van der Waals surface area contributed by atoms with Crippen molar-refractivity contribution in [3.8, 4) is 0 Å². The van der Waals surface area contributed by atoms with Gasteiger partial charge in [-0.3, -0.25) is 14.4 Å².